The summed E-state index contributed by atoms with van der Waals surface area (Å²) >= 11 is 0. The number of nitriles is 1. The Morgan fingerprint density at radius 3 is 1.31 bits per heavy atom. The molecule has 12 rings (SSSR count). The van der Waals surface area contributed by atoms with Gasteiger partial charge in [0.25, 0.3) is 0 Å². The third kappa shape index (κ3) is 8.36. The van der Waals surface area contributed by atoms with Gasteiger partial charge in [0.15, 0.2) is 5.69 Å². The predicted molar refractivity (Wildman–Crippen MR) is 315 cm³/mol. The zero-order valence-electron chi connectivity index (χ0n) is 43.2. The summed E-state index contributed by atoms with van der Waals surface area (Å²) < 4.78 is 0. The van der Waals surface area contributed by atoms with Gasteiger partial charge in [0.1, 0.15) is 0 Å². The van der Waals surface area contributed by atoms with Gasteiger partial charge in [-0.05, 0) is 190 Å². The summed E-state index contributed by atoms with van der Waals surface area (Å²) in [6.45, 7) is 21.1. The molecule has 0 N–H and O–H groups in total. The Balaban J connectivity index is 1.08. The molecule has 0 aromatic heterocycles. The van der Waals surface area contributed by atoms with Gasteiger partial charge in [-0.1, -0.05) is 169 Å². The van der Waals surface area contributed by atoms with E-state index in [0.29, 0.717) is 11.3 Å². The Morgan fingerprint density at radius 1 is 0.387 bits per heavy atom. The molecule has 1 unspecified atom stereocenters. The molecule has 1 atom stereocenters. The van der Waals surface area contributed by atoms with E-state index in [0.717, 1.165) is 45.3 Å². The third-order valence-electron chi connectivity index (χ3n) is 15.3. The minimum absolute atomic E-state index is 0.00975. The number of benzene rings is 11. The largest absolute Gasteiger partial charge is 0.311 e. The van der Waals surface area contributed by atoms with Crippen LogP contribution in [0.25, 0.3) is 59.4 Å². The average molecular weight is 965 g/mol. The zero-order chi connectivity index (χ0) is 51.6. The SMILES string of the molecule is [C-]#[N+]c1ccc(N(c2ccc(-c3ccc(N(c4ccc(C#N)cc4)c4ccc(C(C)(C)C)cc4)cc3C3c4ccccc4-c4cc5c6ccccc6c6ccccc6c5cc43)cc2)c2ccc(C(C)(C)C)cc2)cc1. The van der Waals surface area contributed by atoms with Crippen LogP contribution < -0.4 is 9.80 Å². The van der Waals surface area contributed by atoms with Gasteiger partial charge in [0, 0.05) is 40.0 Å². The van der Waals surface area contributed by atoms with Crippen molar-refractivity contribution in [1.29, 1.82) is 5.26 Å². The van der Waals surface area contributed by atoms with Gasteiger partial charge in [-0.2, -0.15) is 5.26 Å². The number of rotatable bonds is 8. The second-order valence-electron chi connectivity index (χ2n) is 22.0. The van der Waals surface area contributed by atoms with Crippen molar-refractivity contribution in [2.45, 2.75) is 58.3 Å². The molecule has 0 bridgehead atoms. The first-order valence-corrected chi connectivity index (χ1v) is 25.9. The molecule has 0 heterocycles. The van der Waals surface area contributed by atoms with Crippen molar-refractivity contribution in [2.75, 3.05) is 9.80 Å². The third-order valence-corrected chi connectivity index (χ3v) is 15.3. The van der Waals surface area contributed by atoms with Crippen LogP contribution in [-0.2, 0) is 10.8 Å². The summed E-state index contributed by atoms with van der Waals surface area (Å²) in [5.41, 5.74) is 18.4. The van der Waals surface area contributed by atoms with Crippen LogP contribution in [0.5, 0.6) is 0 Å². The van der Waals surface area contributed by atoms with E-state index in [1.54, 1.807) is 0 Å². The molecule has 4 heteroatoms. The number of hydrogen-bond acceptors (Lipinski definition) is 3. The molecule has 0 fully saturated rings. The van der Waals surface area contributed by atoms with Crippen LogP contribution in [0.2, 0.25) is 0 Å². The highest BCUT2D eigenvalue weighted by atomic mass is 15.1. The van der Waals surface area contributed by atoms with Crippen molar-refractivity contribution < 1.29 is 0 Å². The van der Waals surface area contributed by atoms with Crippen molar-refractivity contribution in [3.05, 3.63) is 269 Å². The van der Waals surface area contributed by atoms with Gasteiger partial charge in [-0.15, -0.1) is 0 Å². The Kier molecular flexibility index (Phi) is 11.5. The summed E-state index contributed by atoms with van der Waals surface area (Å²) in [5, 5.41) is 17.4. The first-order valence-electron chi connectivity index (χ1n) is 25.9. The van der Waals surface area contributed by atoms with E-state index in [-0.39, 0.29) is 16.7 Å². The van der Waals surface area contributed by atoms with Crippen LogP contribution >= 0.6 is 0 Å². The van der Waals surface area contributed by atoms with E-state index >= 15 is 0 Å². The highest BCUT2D eigenvalue weighted by Crippen LogP contribution is 2.54. The average Bonchev–Trinajstić information content (AvgIpc) is 3.77. The Bertz CT molecular complexity index is 4070. The summed E-state index contributed by atoms with van der Waals surface area (Å²) in [4.78, 5) is 8.30. The van der Waals surface area contributed by atoms with Gasteiger partial charge in [-0.25, -0.2) is 4.85 Å². The Morgan fingerprint density at radius 2 is 0.800 bits per heavy atom. The minimum Gasteiger partial charge on any atom is -0.311 e. The molecule has 0 radical (unpaired) electrons. The van der Waals surface area contributed by atoms with Crippen molar-refractivity contribution in [3.8, 4) is 28.3 Å². The predicted octanol–water partition coefficient (Wildman–Crippen LogP) is 19.9. The standard InChI is InChI=1S/C71H56N4/c1-70(2,3)48-24-34-53(35-25-48)74(55-38-28-50(73-7)29-39-55)52-32-22-47(23-33-52)57-41-40-56(75(51-30-20-46(45-72)21-31-51)54-36-26-49(27-37-54)71(4,5)6)42-67(57)69-63-19-13-12-18-62(63)66-43-64-60-16-10-8-14-58(60)59-15-9-11-17-61(59)65(64)44-68(66)69/h8-44,69H,1-6H3. The van der Waals surface area contributed by atoms with E-state index in [9.17, 15) is 5.26 Å². The van der Waals surface area contributed by atoms with Gasteiger partial charge < -0.3 is 9.80 Å². The summed E-state index contributed by atoms with van der Waals surface area (Å²) in [5.74, 6) is -0.106. The number of fused-ring (bicyclic) bond motifs is 9. The molecule has 0 saturated carbocycles. The maximum absolute atomic E-state index is 9.88. The first kappa shape index (κ1) is 46.8. The molecular formula is C71H56N4. The Labute approximate surface area is 440 Å². The lowest BCUT2D eigenvalue weighted by Crippen LogP contribution is -2.14. The maximum atomic E-state index is 9.88. The van der Waals surface area contributed by atoms with Crippen molar-refractivity contribution >= 4 is 72.1 Å². The number of hydrogen-bond donors (Lipinski definition) is 0. The fourth-order valence-electron chi connectivity index (χ4n) is 11.4. The van der Waals surface area contributed by atoms with Gasteiger partial charge in [0.05, 0.1) is 18.2 Å². The van der Waals surface area contributed by atoms with Crippen molar-refractivity contribution in [3.63, 3.8) is 0 Å². The van der Waals surface area contributed by atoms with E-state index in [4.69, 9.17) is 6.57 Å². The fourth-order valence-corrected chi connectivity index (χ4v) is 11.4. The molecule has 75 heavy (non-hydrogen) atoms. The molecule has 11 aromatic rings. The lowest BCUT2D eigenvalue weighted by Gasteiger charge is -2.29. The van der Waals surface area contributed by atoms with Crippen LogP contribution in [0.15, 0.2) is 224 Å². The second kappa shape index (κ2) is 18.4. The van der Waals surface area contributed by atoms with Crippen LogP contribution in [0.4, 0.5) is 39.8 Å². The van der Waals surface area contributed by atoms with Crippen LogP contribution in [0.3, 0.4) is 0 Å². The van der Waals surface area contributed by atoms with Gasteiger partial charge in [0.2, 0.25) is 0 Å². The van der Waals surface area contributed by atoms with E-state index < -0.39 is 0 Å². The van der Waals surface area contributed by atoms with Crippen LogP contribution in [-0.4, -0.2) is 0 Å². The fraction of sp³-hybridized carbons (Fsp3) is 0.127. The number of nitrogens with zero attached hydrogens (tertiary/aromatic N) is 4. The Hall–Kier alpha value is -9.22. The lowest BCUT2D eigenvalue weighted by atomic mass is 9.82. The number of anilines is 6. The van der Waals surface area contributed by atoms with Crippen LogP contribution in [0, 0.1) is 17.9 Å². The summed E-state index contributed by atoms with van der Waals surface area (Å²) in [6.07, 6.45) is 0. The molecule has 4 nitrogen and oxygen atoms in total. The molecule has 11 aromatic carbocycles. The van der Waals surface area contributed by atoms with E-state index in [1.807, 2.05) is 36.4 Å². The van der Waals surface area contributed by atoms with Crippen molar-refractivity contribution in [2.24, 2.45) is 0 Å². The van der Waals surface area contributed by atoms with E-state index in [1.165, 1.54) is 71.3 Å². The minimum atomic E-state index is -0.106. The summed E-state index contributed by atoms with van der Waals surface area (Å²) in [6, 6.07) is 83.6. The maximum Gasteiger partial charge on any atom is 0.187 e. The normalized spacial score (nSPS) is 13.0. The summed E-state index contributed by atoms with van der Waals surface area (Å²) in [7, 11) is 0. The monoisotopic (exact) mass is 964 g/mol. The molecule has 1 aliphatic rings. The lowest BCUT2D eigenvalue weighted by molar-refractivity contribution is 0.590. The molecule has 0 spiro atoms. The highest BCUT2D eigenvalue weighted by molar-refractivity contribution is 6.26. The van der Waals surface area contributed by atoms with Gasteiger partial charge >= 0.3 is 0 Å². The van der Waals surface area contributed by atoms with E-state index in [2.05, 4.69) is 250 Å². The second-order valence-corrected chi connectivity index (χ2v) is 22.0. The molecule has 0 amide bonds. The first-order chi connectivity index (χ1) is 36.4. The van der Waals surface area contributed by atoms with Gasteiger partial charge in [-0.3, -0.25) is 0 Å². The van der Waals surface area contributed by atoms with Crippen LogP contribution in [0.1, 0.15) is 80.8 Å². The topological polar surface area (TPSA) is 34.6 Å². The highest BCUT2D eigenvalue weighted by Gasteiger charge is 2.33. The molecular weight excluding hydrogens is 909 g/mol. The smallest absolute Gasteiger partial charge is 0.187 e. The van der Waals surface area contributed by atoms with Crippen molar-refractivity contribution in [1.82, 2.24) is 0 Å². The molecule has 0 aliphatic heterocycles. The zero-order valence-corrected chi connectivity index (χ0v) is 43.2. The molecule has 0 saturated heterocycles. The molecule has 1 aliphatic carbocycles. The molecule has 360 valence electrons. The quantitative estimate of drug-likeness (QED) is 0.112.